The number of nitrogens with zero attached hydrogens (tertiary/aromatic N) is 3. The number of thiocarbonyl (C=S) groups is 1. The van der Waals surface area contributed by atoms with Crippen LogP contribution < -0.4 is 10.2 Å². The molecule has 1 aliphatic heterocycles. The molecule has 178 valence electrons. The second-order valence-corrected chi connectivity index (χ2v) is 9.96. The van der Waals surface area contributed by atoms with E-state index in [0.29, 0.717) is 15.8 Å². The Morgan fingerprint density at radius 1 is 0.971 bits per heavy atom. The number of nitrogens with one attached hydrogen (secondary N) is 1. The van der Waals surface area contributed by atoms with Crippen LogP contribution in [0.4, 0.5) is 5.69 Å². The highest BCUT2D eigenvalue weighted by Crippen LogP contribution is 2.44. The van der Waals surface area contributed by atoms with Gasteiger partial charge in [0.2, 0.25) is 0 Å². The van der Waals surface area contributed by atoms with Gasteiger partial charge in [0.15, 0.2) is 5.11 Å². The smallest absolute Gasteiger partial charge is 0.174 e. The van der Waals surface area contributed by atoms with E-state index < -0.39 is 0 Å². The summed E-state index contributed by atoms with van der Waals surface area (Å²) in [6.07, 6.45) is 1.81. The second kappa shape index (κ2) is 9.02. The molecule has 2 aromatic heterocycles. The predicted octanol–water partition coefficient (Wildman–Crippen LogP) is 6.64. The minimum atomic E-state index is -0.147. The molecule has 0 amide bonds. The predicted molar refractivity (Wildman–Crippen MR) is 146 cm³/mol. The third kappa shape index (κ3) is 4.17. The molecule has 5 nitrogen and oxygen atoms in total. The van der Waals surface area contributed by atoms with Crippen LogP contribution in [0, 0.1) is 27.7 Å². The van der Waals surface area contributed by atoms with Crippen molar-refractivity contribution in [2.24, 2.45) is 0 Å². The average Bonchev–Trinajstić information content (AvgIpc) is 3.30. The van der Waals surface area contributed by atoms with Crippen LogP contribution >= 0.6 is 23.8 Å². The molecule has 0 spiro atoms. The van der Waals surface area contributed by atoms with E-state index in [-0.39, 0.29) is 17.8 Å². The summed E-state index contributed by atoms with van der Waals surface area (Å²) < 4.78 is 2.05. The molecule has 35 heavy (non-hydrogen) atoms. The maximum Gasteiger partial charge on any atom is 0.174 e. The number of aromatic hydroxyl groups is 1. The molecule has 1 aliphatic rings. The normalized spacial score (nSPS) is 17.6. The number of hydrogen-bond acceptors (Lipinski definition) is 3. The molecule has 7 heteroatoms. The summed E-state index contributed by atoms with van der Waals surface area (Å²) in [5.41, 5.74) is 8.07. The fraction of sp³-hybridized carbons (Fsp3) is 0.214. The van der Waals surface area contributed by atoms with Crippen molar-refractivity contribution < 1.29 is 5.11 Å². The van der Waals surface area contributed by atoms with Crippen LogP contribution in [0.5, 0.6) is 5.75 Å². The van der Waals surface area contributed by atoms with Gasteiger partial charge in [-0.1, -0.05) is 23.7 Å². The van der Waals surface area contributed by atoms with Gasteiger partial charge in [-0.25, -0.2) is 0 Å². The lowest BCUT2D eigenvalue weighted by Crippen LogP contribution is -2.29. The number of aromatic nitrogens is 2. The van der Waals surface area contributed by atoms with Gasteiger partial charge in [-0.3, -0.25) is 4.98 Å². The SMILES string of the molecule is Cc1cc(C)cc(N2C(=S)N[C@H](c3ccccn3)[C@H]2c2cc(C)n(-c3cc(Cl)ccc3O)c2C)c1. The number of pyridine rings is 1. The molecule has 0 radical (unpaired) electrons. The monoisotopic (exact) mass is 502 g/mol. The Balaban J connectivity index is 1.72. The van der Waals surface area contributed by atoms with Gasteiger partial charge in [-0.05, 0) is 105 Å². The number of hydrogen-bond donors (Lipinski definition) is 2. The summed E-state index contributed by atoms with van der Waals surface area (Å²) in [4.78, 5) is 6.86. The molecule has 0 unspecified atom stereocenters. The zero-order chi connectivity index (χ0) is 24.9. The lowest BCUT2D eigenvalue weighted by atomic mass is 9.96. The maximum absolute atomic E-state index is 10.6. The second-order valence-electron chi connectivity index (χ2n) is 9.14. The summed E-state index contributed by atoms with van der Waals surface area (Å²) in [6, 6.07) is 19.4. The minimum absolute atomic E-state index is 0.139. The Morgan fingerprint density at radius 3 is 2.40 bits per heavy atom. The lowest BCUT2D eigenvalue weighted by Gasteiger charge is -2.29. The Hall–Kier alpha value is -3.35. The van der Waals surface area contributed by atoms with E-state index in [1.54, 1.807) is 18.2 Å². The Bertz CT molecular complexity index is 1410. The van der Waals surface area contributed by atoms with Crippen molar-refractivity contribution in [1.82, 2.24) is 14.9 Å². The Morgan fingerprint density at radius 2 is 1.71 bits per heavy atom. The van der Waals surface area contributed by atoms with Gasteiger partial charge in [0, 0.05) is 28.3 Å². The van der Waals surface area contributed by atoms with Crippen LogP contribution in [0.15, 0.2) is 66.9 Å². The average molecular weight is 503 g/mol. The molecule has 0 aliphatic carbocycles. The molecular weight excluding hydrogens is 476 g/mol. The van der Waals surface area contributed by atoms with Crippen molar-refractivity contribution in [3.8, 4) is 11.4 Å². The molecule has 2 N–H and O–H groups in total. The highest BCUT2D eigenvalue weighted by atomic mass is 35.5. The summed E-state index contributed by atoms with van der Waals surface area (Å²) in [5.74, 6) is 0.176. The highest BCUT2D eigenvalue weighted by molar-refractivity contribution is 7.80. The van der Waals surface area contributed by atoms with Crippen LogP contribution in [0.25, 0.3) is 5.69 Å². The van der Waals surface area contributed by atoms with E-state index in [1.807, 2.05) is 35.9 Å². The van der Waals surface area contributed by atoms with Crippen molar-refractivity contribution in [1.29, 1.82) is 0 Å². The van der Waals surface area contributed by atoms with Crippen molar-refractivity contribution in [2.75, 3.05) is 4.90 Å². The molecule has 4 aromatic rings. The summed E-state index contributed by atoms with van der Waals surface area (Å²) in [7, 11) is 0. The number of halogens is 1. The number of aryl methyl sites for hydroxylation is 3. The summed E-state index contributed by atoms with van der Waals surface area (Å²) >= 11 is 12.2. The van der Waals surface area contributed by atoms with Crippen LogP contribution in [0.2, 0.25) is 5.02 Å². The largest absolute Gasteiger partial charge is 0.506 e. The quantitative estimate of drug-likeness (QED) is 0.306. The first-order valence-corrected chi connectivity index (χ1v) is 12.3. The zero-order valence-corrected chi connectivity index (χ0v) is 21.7. The van der Waals surface area contributed by atoms with Crippen LogP contribution in [0.1, 0.15) is 45.9 Å². The molecule has 2 atom stereocenters. The lowest BCUT2D eigenvalue weighted by molar-refractivity contribution is 0.471. The van der Waals surface area contributed by atoms with Gasteiger partial charge in [0.25, 0.3) is 0 Å². The molecular formula is C28H27ClN4OS. The molecule has 5 rings (SSSR count). The third-order valence-corrected chi connectivity index (χ3v) is 7.10. The molecule has 0 saturated carbocycles. The Kier molecular flexibility index (Phi) is 6.03. The molecule has 1 saturated heterocycles. The third-order valence-electron chi connectivity index (χ3n) is 6.55. The van der Waals surface area contributed by atoms with Gasteiger partial charge in [0.1, 0.15) is 5.75 Å². The van der Waals surface area contributed by atoms with Crippen molar-refractivity contribution in [3.05, 3.63) is 106 Å². The Labute approximate surface area is 216 Å². The summed E-state index contributed by atoms with van der Waals surface area (Å²) in [5, 5.41) is 15.4. The van der Waals surface area contributed by atoms with Crippen LogP contribution in [-0.4, -0.2) is 19.8 Å². The van der Waals surface area contributed by atoms with E-state index in [2.05, 4.69) is 60.2 Å². The number of phenols is 1. The molecule has 2 aromatic carbocycles. The van der Waals surface area contributed by atoms with E-state index in [0.717, 1.165) is 28.3 Å². The van der Waals surface area contributed by atoms with E-state index in [9.17, 15) is 5.11 Å². The molecule has 1 fully saturated rings. The van der Waals surface area contributed by atoms with Crippen molar-refractivity contribution >= 4 is 34.6 Å². The first-order chi connectivity index (χ1) is 16.7. The number of benzene rings is 2. The zero-order valence-electron chi connectivity index (χ0n) is 20.1. The van der Waals surface area contributed by atoms with Gasteiger partial charge in [-0.2, -0.15) is 0 Å². The minimum Gasteiger partial charge on any atom is -0.506 e. The molecule has 0 bridgehead atoms. The van der Waals surface area contributed by atoms with E-state index >= 15 is 0 Å². The summed E-state index contributed by atoms with van der Waals surface area (Å²) in [6.45, 7) is 8.30. The fourth-order valence-electron chi connectivity index (χ4n) is 5.17. The van der Waals surface area contributed by atoms with Crippen LogP contribution in [0.3, 0.4) is 0 Å². The fourth-order valence-corrected chi connectivity index (χ4v) is 5.68. The first kappa shape index (κ1) is 23.4. The van der Waals surface area contributed by atoms with E-state index in [1.165, 1.54) is 11.1 Å². The topological polar surface area (TPSA) is 53.3 Å². The maximum atomic E-state index is 10.6. The van der Waals surface area contributed by atoms with Crippen molar-refractivity contribution in [3.63, 3.8) is 0 Å². The highest BCUT2D eigenvalue weighted by Gasteiger charge is 2.42. The van der Waals surface area contributed by atoms with Gasteiger partial charge < -0.3 is 19.9 Å². The van der Waals surface area contributed by atoms with E-state index in [4.69, 9.17) is 23.8 Å². The first-order valence-electron chi connectivity index (χ1n) is 11.5. The standard InChI is InChI=1S/C28H27ClN4OS/c1-16-11-17(2)13-21(12-16)33-27(26(31-28(33)35)23-7-5-6-10-30-23)22-14-18(3)32(19(22)4)24-15-20(29)8-9-25(24)34/h5-15,26-27,34H,1-4H3,(H,31,35)/t26-,27-/m1/s1. The number of phenolic OH excluding ortho intramolecular Hbond substituents is 1. The van der Waals surface area contributed by atoms with Crippen molar-refractivity contribution in [2.45, 2.75) is 39.8 Å². The molecule has 3 heterocycles. The van der Waals surface area contributed by atoms with Gasteiger partial charge in [0.05, 0.1) is 23.5 Å². The van der Waals surface area contributed by atoms with Gasteiger partial charge >= 0.3 is 0 Å². The number of rotatable bonds is 4. The van der Waals surface area contributed by atoms with Crippen LogP contribution in [-0.2, 0) is 0 Å². The van der Waals surface area contributed by atoms with Gasteiger partial charge in [-0.15, -0.1) is 0 Å². The number of anilines is 1.